The standard InChI is InChI=1S/C19H26FN3O2/c1-4-23(11-6-8-15-7-5-9-16(20)13-15)12-10-17-14-18(24)22(3)19(25)21(17)2/h5,7,9,13-14H,4,6,8,10-12H2,1-3H3. The molecule has 0 aliphatic heterocycles. The molecule has 0 bridgehead atoms. The summed E-state index contributed by atoms with van der Waals surface area (Å²) in [5, 5.41) is 0. The average molecular weight is 347 g/mol. The number of aryl methyl sites for hydroxylation is 1. The van der Waals surface area contributed by atoms with E-state index in [0.29, 0.717) is 6.42 Å². The quantitative estimate of drug-likeness (QED) is 0.731. The first-order valence-electron chi connectivity index (χ1n) is 8.65. The molecule has 0 aliphatic rings. The fourth-order valence-corrected chi connectivity index (χ4v) is 2.92. The van der Waals surface area contributed by atoms with Crippen molar-refractivity contribution in [2.24, 2.45) is 14.1 Å². The Hall–Kier alpha value is -2.21. The van der Waals surface area contributed by atoms with Gasteiger partial charge in [0.2, 0.25) is 0 Å². The number of benzene rings is 1. The Balaban J connectivity index is 1.90. The molecule has 0 unspecified atom stereocenters. The van der Waals surface area contributed by atoms with Gasteiger partial charge < -0.3 is 9.47 Å². The second-order valence-corrected chi connectivity index (χ2v) is 6.29. The number of hydrogen-bond acceptors (Lipinski definition) is 3. The predicted octanol–water partition coefficient (Wildman–Crippen LogP) is 1.72. The van der Waals surface area contributed by atoms with Gasteiger partial charge in [0, 0.05) is 38.8 Å². The molecule has 0 saturated heterocycles. The molecule has 0 atom stereocenters. The molecule has 0 spiro atoms. The third kappa shape index (κ3) is 5.13. The molecule has 6 heteroatoms. The van der Waals surface area contributed by atoms with Crippen molar-refractivity contribution in [1.82, 2.24) is 14.0 Å². The lowest BCUT2D eigenvalue weighted by molar-refractivity contribution is 0.286. The topological polar surface area (TPSA) is 47.2 Å². The van der Waals surface area contributed by atoms with Crippen LogP contribution >= 0.6 is 0 Å². The summed E-state index contributed by atoms with van der Waals surface area (Å²) >= 11 is 0. The molecule has 0 aliphatic carbocycles. The number of aromatic nitrogens is 2. The predicted molar refractivity (Wildman–Crippen MR) is 97.5 cm³/mol. The molecule has 0 N–H and O–H groups in total. The number of halogens is 1. The highest BCUT2D eigenvalue weighted by Crippen LogP contribution is 2.07. The van der Waals surface area contributed by atoms with Gasteiger partial charge in [0.1, 0.15) is 5.82 Å². The van der Waals surface area contributed by atoms with Crippen LogP contribution in [0.1, 0.15) is 24.6 Å². The Kier molecular flexibility index (Phi) is 6.70. The molecular weight excluding hydrogens is 321 g/mol. The first-order chi connectivity index (χ1) is 11.9. The van der Waals surface area contributed by atoms with Crippen LogP contribution in [-0.4, -0.2) is 33.7 Å². The van der Waals surface area contributed by atoms with Gasteiger partial charge in [-0.25, -0.2) is 9.18 Å². The molecular formula is C19H26FN3O2. The Bertz CT molecular complexity index is 826. The highest BCUT2D eigenvalue weighted by Gasteiger charge is 2.08. The van der Waals surface area contributed by atoms with Crippen LogP contribution < -0.4 is 11.2 Å². The van der Waals surface area contributed by atoms with Crippen molar-refractivity contribution in [2.45, 2.75) is 26.2 Å². The lowest BCUT2D eigenvalue weighted by atomic mass is 10.1. The first kappa shape index (κ1) is 19.1. The lowest BCUT2D eigenvalue weighted by Crippen LogP contribution is -2.39. The van der Waals surface area contributed by atoms with Crippen LogP contribution in [0.3, 0.4) is 0 Å². The van der Waals surface area contributed by atoms with Crippen molar-refractivity contribution in [2.75, 3.05) is 19.6 Å². The Labute approximate surface area is 147 Å². The van der Waals surface area contributed by atoms with Gasteiger partial charge in [-0.15, -0.1) is 0 Å². The smallest absolute Gasteiger partial charge is 0.303 e. The van der Waals surface area contributed by atoms with Gasteiger partial charge >= 0.3 is 5.69 Å². The average Bonchev–Trinajstić information content (AvgIpc) is 2.60. The van der Waals surface area contributed by atoms with E-state index in [4.69, 9.17) is 0 Å². The normalized spacial score (nSPS) is 11.2. The van der Waals surface area contributed by atoms with E-state index in [9.17, 15) is 14.0 Å². The minimum absolute atomic E-state index is 0.198. The van der Waals surface area contributed by atoms with Gasteiger partial charge in [-0.05, 0) is 43.6 Å². The molecule has 1 aromatic carbocycles. The molecule has 0 radical (unpaired) electrons. The summed E-state index contributed by atoms with van der Waals surface area (Å²) in [6, 6.07) is 8.23. The van der Waals surface area contributed by atoms with Crippen LogP contribution in [0.4, 0.5) is 4.39 Å². The van der Waals surface area contributed by atoms with Gasteiger partial charge in [-0.3, -0.25) is 9.36 Å². The largest absolute Gasteiger partial charge is 0.330 e. The summed E-state index contributed by atoms with van der Waals surface area (Å²) < 4.78 is 15.8. The summed E-state index contributed by atoms with van der Waals surface area (Å²) in [6.45, 7) is 4.65. The van der Waals surface area contributed by atoms with Gasteiger partial charge in [0.15, 0.2) is 0 Å². The number of rotatable bonds is 8. The van der Waals surface area contributed by atoms with Crippen LogP contribution in [0.25, 0.3) is 0 Å². The van der Waals surface area contributed by atoms with Crippen molar-refractivity contribution >= 4 is 0 Å². The summed E-state index contributed by atoms with van der Waals surface area (Å²) in [5.74, 6) is -0.198. The third-order valence-corrected chi connectivity index (χ3v) is 4.59. The highest BCUT2D eigenvalue weighted by atomic mass is 19.1. The first-order valence-corrected chi connectivity index (χ1v) is 8.65. The third-order valence-electron chi connectivity index (χ3n) is 4.59. The number of hydrogen-bond donors (Lipinski definition) is 0. The summed E-state index contributed by atoms with van der Waals surface area (Å²) in [4.78, 5) is 26.0. The van der Waals surface area contributed by atoms with Crippen LogP contribution in [0, 0.1) is 5.82 Å². The van der Waals surface area contributed by atoms with E-state index in [-0.39, 0.29) is 17.1 Å². The minimum atomic E-state index is -0.295. The van der Waals surface area contributed by atoms with E-state index in [2.05, 4.69) is 11.8 Å². The molecule has 25 heavy (non-hydrogen) atoms. The van der Waals surface area contributed by atoms with Crippen LogP contribution in [0.15, 0.2) is 39.9 Å². The maximum Gasteiger partial charge on any atom is 0.330 e. The molecule has 0 fully saturated rings. The fourth-order valence-electron chi connectivity index (χ4n) is 2.92. The van der Waals surface area contributed by atoms with Crippen LogP contribution in [0.2, 0.25) is 0 Å². The zero-order valence-corrected chi connectivity index (χ0v) is 15.2. The summed E-state index contributed by atoms with van der Waals surface area (Å²) in [7, 11) is 3.18. The minimum Gasteiger partial charge on any atom is -0.303 e. The zero-order valence-electron chi connectivity index (χ0n) is 15.2. The molecule has 0 saturated carbocycles. The van der Waals surface area contributed by atoms with Crippen molar-refractivity contribution in [1.29, 1.82) is 0 Å². The summed E-state index contributed by atoms with van der Waals surface area (Å²) in [6.07, 6.45) is 2.42. The van der Waals surface area contributed by atoms with Gasteiger partial charge in [0.05, 0.1) is 0 Å². The van der Waals surface area contributed by atoms with E-state index in [1.54, 1.807) is 19.2 Å². The fraction of sp³-hybridized carbons (Fsp3) is 0.474. The molecule has 1 aromatic heterocycles. The van der Waals surface area contributed by atoms with Gasteiger partial charge in [0.25, 0.3) is 5.56 Å². The van der Waals surface area contributed by atoms with Crippen molar-refractivity contribution in [3.05, 3.63) is 68.2 Å². The van der Waals surface area contributed by atoms with E-state index >= 15 is 0 Å². The van der Waals surface area contributed by atoms with E-state index in [0.717, 1.165) is 48.3 Å². The molecule has 2 rings (SSSR count). The van der Waals surface area contributed by atoms with E-state index in [1.807, 2.05) is 6.07 Å². The maximum atomic E-state index is 13.2. The van der Waals surface area contributed by atoms with Crippen LogP contribution in [-0.2, 0) is 26.9 Å². The van der Waals surface area contributed by atoms with E-state index < -0.39 is 0 Å². The zero-order chi connectivity index (χ0) is 18.4. The molecule has 1 heterocycles. The Morgan fingerprint density at radius 1 is 1.04 bits per heavy atom. The molecule has 136 valence electrons. The van der Waals surface area contributed by atoms with Gasteiger partial charge in [-0.1, -0.05) is 19.1 Å². The second-order valence-electron chi connectivity index (χ2n) is 6.29. The highest BCUT2D eigenvalue weighted by molar-refractivity contribution is 5.16. The van der Waals surface area contributed by atoms with Crippen molar-refractivity contribution in [3.63, 3.8) is 0 Å². The summed E-state index contributed by atoms with van der Waals surface area (Å²) in [5.41, 5.74) is 1.19. The monoisotopic (exact) mass is 347 g/mol. The number of likely N-dealkylation sites (N-methyl/N-ethyl adjacent to an activating group) is 1. The number of nitrogens with zero attached hydrogens (tertiary/aromatic N) is 3. The lowest BCUT2D eigenvalue weighted by Gasteiger charge is -2.21. The van der Waals surface area contributed by atoms with Crippen molar-refractivity contribution < 1.29 is 4.39 Å². The molecule has 5 nitrogen and oxygen atoms in total. The molecule has 2 aromatic rings. The van der Waals surface area contributed by atoms with Crippen LogP contribution in [0.5, 0.6) is 0 Å². The van der Waals surface area contributed by atoms with Gasteiger partial charge in [-0.2, -0.15) is 0 Å². The molecule has 0 amide bonds. The van der Waals surface area contributed by atoms with Crippen molar-refractivity contribution in [3.8, 4) is 0 Å². The Morgan fingerprint density at radius 3 is 2.48 bits per heavy atom. The maximum absolute atomic E-state index is 13.2. The SMILES string of the molecule is CCN(CCCc1cccc(F)c1)CCc1cc(=O)n(C)c(=O)n1C. The second kappa shape index (κ2) is 8.76. The Morgan fingerprint density at radius 2 is 1.80 bits per heavy atom. The van der Waals surface area contributed by atoms with E-state index in [1.165, 1.54) is 23.7 Å².